The van der Waals surface area contributed by atoms with Crippen molar-refractivity contribution in [2.45, 2.75) is 38.8 Å². The van der Waals surface area contributed by atoms with Gasteiger partial charge in [-0.25, -0.2) is 0 Å². The Morgan fingerprint density at radius 2 is 2.09 bits per heavy atom. The summed E-state index contributed by atoms with van der Waals surface area (Å²) in [6.07, 6.45) is 2.25. The lowest BCUT2D eigenvalue weighted by Gasteiger charge is -2.49. The first kappa shape index (κ1) is 16.0. The van der Waals surface area contributed by atoms with Crippen molar-refractivity contribution in [2.24, 2.45) is 5.92 Å². The lowest BCUT2D eigenvalue weighted by molar-refractivity contribution is -0.0293. The van der Waals surface area contributed by atoms with Crippen molar-refractivity contribution >= 4 is 17.2 Å². The molecule has 0 bridgehead atoms. The smallest absolute Gasteiger partial charge is 0.254 e. The Morgan fingerprint density at radius 1 is 1.36 bits per heavy atom. The molecule has 2 fully saturated rings. The average molecular weight is 322 g/mol. The standard InChI is InChI=1S/C17H26N2O2S/c1-13(2)9-19(15-3-6-21-7-4-15)16-10-18(11-16)17(20)14-5-8-22-12-14/h5,8,12-13,15-16H,3-4,6-7,9-11H2,1-2H3. The zero-order chi connectivity index (χ0) is 15.5. The van der Waals surface area contributed by atoms with Crippen LogP contribution in [0.15, 0.2) is 16.8 Å². The molecule has 2 aliphatic rings. The summed E-state index contributed by atoms with van der Waals surface area (Å²) < 4.78 is 5.50. The van der Waals surface area contributed by atoms with E-state index in [1.165, 1.54) is 0 Å². The number of carbonyl (C=O) groups is 1. The number of thiophene rings is 1. The molecular formula is C17H26N2O2S. The molecule has 3 heterocycles. The Balaban J connectivity index is 1.58. The molecule has 0 aromatic carbocycles. The molecule has 122 valence electrons. The van der Waals surface area contributed by atoms with Gasteiger partial charge in [0.1, 0.15) is 0 Å². The third kappa shape index (κ3) is 3.53. The molecule has 4 nitrogen and oxygen atoms in total. The first-order chi connectivity index (χ1) is 10.6. The summed E-state index contributed by atoms with van der Waals surface area (Å²) in [7, 11) is 0. The molecule has 1 aromatic rings. The van der Waals surface area contributed by atoms with Crippen LogP contribution in [0.4, 0.5) is 0 Å². The second-order valence-electron chi connectivity index (χ2n) is 6.81. The predicted octanol–water partition coefficient (Wildman–Crippen LogP) is 2.71. The number of ether oxygens (including phenoxy) is 1. The molecule has 0 N–H and O–H groups in total. The number of hydrogen-bond acceptors (Lipinski definition) is 4. The van der Waals surface area contributed by atoms with Crippen molar-refractivity contribution in [2.75, 3.05) is 32.8 Å². The van der Waals surface area contributed by atoms with Gasteiger partial charge in [-0.3, -0.25) is 9.69 Å². The minimum Gasteiger partial charge on any atom is -0.381 e. The van der Waals surface area contributed by atoms with Crippen molar-refractivity contribution in [3.63, 3.8) is 0 Å². The molecule has 0 unspecified atom stereocenters. The first-order valence-electron chi connectivity index (χ1n) is 8.30. The monoisotopic (exact) mass is 322 g/mol. The Bertz CT molecular complexity index is 477. The van der Waals surface area contributed by atoms with Gasteiger partial charge in [0.05, 0.1) is 5.56 Å². The number of amides is 1. The van der Waals surface area contributed by atoms with Crippen LogP contribution in [0.2, 0.25) is 0 Å². The zero-order valence-electron chi connectivity index (χ0n) is 13.5. The van der Waals surface area contributed by atoms with Crippen LogP contribution in [-0.4, -0.2) is 60.6 Å². The molecule has 1 aromatic heterocycles. The minimum atomic E-state index is 0.189. The molecular weight excluding hydrogens is 296 g/mol. The summed E-state index contributed by atoms with van der Waals surface area (Å²) in [4.78, 5) is 17.0. The van der Waals surface area contributed by atoms with Gasteiger partial charge >= 0.3 is 0 Å². The van der Waals surface area contributed by atoms with Gasteiger partial charge in [0.2, 0.25) is 0 Å². The predicted molar refractivity (Wildman–Crippen MR) is 89.4 cm³/mol. The van der Waals surface area contributed by atoms with Crippen molar-refractivity contribution in [1.29, 1.82) is 0 Å². The van der Waals surface area contributed by atoms with Crippen LogP contribution >= 0.6 is 11.3 Å². The summed E-state index contributed by atoms with van der Waals surface area (Å²) in [6, 6.07) is 3.07. The molecule has 3 rings (SSSR count). The molecule has 0 spiro atoms. The molecule has 0 atom stereocenters. The maximum atomic E-state index is 12.3. The second kappa shape index (κ2) is 7.11. The normalized spacial score (nSPS) is 20.6. The van der Waals surface area contributed by atoms with E-state index in [4.69, 9.17) is 4.74 Å². The van der Waals surface area contributed by atoms with Crippen molar-refractivity contribution in [3.05, 3.63) is 22.4 Å². The average Bonchev–Trinajstić information content (AvgIpc) is 2.99. The van der Waals surface area contributed by atoms with Crippen LogP contribution in [0.1, 0.15) is 37.0 Å². The van der Waals surface area contributed by atoms with Gasteiger partial charge < -0.3 is 9.64 Å². The lowest BCUT2D eigenvalue weighted by atomic mass is 9.97. The van der Waals surface area contributed by atoms with Gasteiger partial charge in [-0.1, -0.05) is 13.8 Å². The largest absolute Gasteiger partial charge is 0.381 e. The van der Waals surface area contributed by atoms with Crippen LogP contribution in [-0.2, 0) is 4.74 Å². The number of rotatable bonds is 5. The minimum absolute atomic E-state index is 0.189. The molecule has 0 radical (unpaired) electrons. The van der Waals surface area contributed by atoms with Crippen LogP contribution in [0.5, 0.6) is 0 Å². The van der Waals surface area contributed by atoms with E-state index in [1.54, 1.807) is 11.3 Å². The molecule has 22 heavy (non-hydrogen) atoms. The maximum absolute atomic E-state index is 12.3. The van der Waals surface area contributed by atoms with E-state index in [0.29, 0.717) is 18.0 Å². The molecule has 0 saturated carbocycles. The summed E-state index contributed by atoms with van der Waals surface area (Å²) in [6.45, 7) is 9.18. The quantitative estimate of drug-likeness (QED) is 0.835. The van der Waals surface area contributed by atoms with E-state index in [-0.39, 0.29) is 5.91 Å². The van der Waals surface area contributed by atoms with E-state index < -0.39 is 0 Å². The highest BCUT2D eigenvalue weighted by Crippen LogP contribution is 2.25. The van der Waals surface area contributed by atoms with Gasteiger partial charge in [0, 0.05) is 50.3 Å². The van der Waals surface area contributed by atoms with Gasteiger partial charge in [0.25, 0.3) is 5.91 Å². The van der Waals surface area contributed by atoms with Crippen LogP contribution in [0, 0.1) is 5.92 Å². The highest BCUT2D eigenvalue weighted by atomic mass is 32.1. The van der Waals surface area contributed by atoms with E-state index >= 15 is 0 Å². The first-order valence-corrected chi connectivity index (χ1v) is 9.24. The topological polar surface area (TPSA) is 32.8 Å². The van der Waals surface area contributed by atoms with Gasteiger partial charge in [0.15, 0.2) is 0 Å². The highest BCUT2D eigenvalue weighted by molar-refractivity contribution is 7.08. The number of hydrogen-bond donors (Lipinski definition) is 0. The number of carbonyl (C=O) groups excluding carboxylic acids is 1. The van der Waals surface area contributed by atoms with Crippen LogP contribution < -0.4 is 0 Å². The summed E-state index contributed by atoms with van der Waals surface area (Å²) in [5, 5.41) is 3.91. The molecule has 5 heteroatoms. The molecule has 0 aliphatic carbocycles. The van der Waals surface area contributed by atoms with Gasteiger partial charge in [-0.15, -0.1) is 0 Å². The fourth-order valence-electron chi connectivity index (χ4n) is 3.43. The van der Waals surface area contributed by atoms with Gasteiger partial charge in [-0.2, -0.15) is 11.3 Å². The summed E-state index contributed by atoms with van der Waals surface area (Å²) in [5.41, 5.74) is 0.838. The maximum Gasteiger partial charge on any atom is 0.254 e. The fraction of sp³-hybridized carbons (Fsp3) is 0.706. The molecule has 1 amide bonds. The van der Waals surface area contributed by atoms with Crippen molar-refractivity contribution in [3.8, 4) is 0 Å². The number of nitrogens with zero attached hydrogens (tertiary/aromatic N) is 2. The summed E-state index contributed by atoms with van der Waals surface area (Å²) >= 11 is 1.59. The zero-order valence-corrected chi connectivity index (χ0v) is 14.3. The third-order valence-corrected chi connectivity index (χ3v) is 5.31. The summed E-state index contributed by atoms with van der Waals surface area (Å²) in [5.74, 6) is 0.846. The van der Waals surface area contributed by atoms with Crippen LogP contribution in [0.3, 0.4) is 0 Å². The third-order valence-electron chi connectivity index (χ3n) is 4.62. The van der Waals surface area contributed by atoms with Crippen LogP contribution in [0.25, 0.3) is 0 Å². The van der Waals surface area contributed by atoms with Crippen molar-refractivity contribution < 1.29 is 9.53 Å². The van der Waals surface area contributed by atoms with Gasteiger partial charge in [-0.05, 0) is 30.2 Å². The van der Waals surface area contributed by atoms with E-state index in [1.807, 2.05) is 21.7 Å². The van der Waals surface area contributed by atoms with E-state index in [2.05, 4.69) is 18.7 Å². The highest BCUT2D eigenvalue weighted by Gasteiger charge is 2.38. The number of likely N-dealkylation sites (tertiary alicyclic amines) is 1. The van der Waals surface area contributed by atoms with E-state index in [0.717, 1.165) is 51.3 Å². The SMILES string of the molecule is CC(C)CN(C1CCOCC1)C1CN(C(=O)c2ccsc2)C1. The van der Waals surface area contributed by atoms with E-state index in [9.17, 15) is 4.79 Å². The molecule has 2 aliphatic heterocycles. The Labute approximate surface area is 137 Å². The van der Waals surface area contributed by atoms with Crippen molar-refractivity contribution in [1.82, 2.24) is 9.80 Å². The Morgan fingerprint density at radius 3 is 2.68 bits per heavy atom. The lowest BCUT2D eigenvalue weighted by Crippen LogP contribution is -2.64. The Hall–Kier alpha value is -0.910. The molecule has 2 saturated heterocycles. The Kier molecular flexibility index (Phi) is 5.16. The fourth-order valence-corrected chi connectivity index (χ4v) is 4.06. The second-order valence-corrected chi connectivity index (χ2v) is 7.59.